The zero-order chi connectivity index (χ0) is 76.9. The Morgan fingerprint density at radius 2 is 0.687 bits per heavy atom. The lowest BCUT2D eigenvalue weighted by Crippen LogP contribution is -2.62. The fraction of sp³-hybridized carbons (Fsp3) is 0.984. The summed E-state index contributed by atoms with van der Waals surface area (Å²) in [6, 6.07) is -1.04. The number of likely N-dealkylation sites (N-methyl/N-ethyl adjacent to an activating group) is 3. The van der Waals surface area contributed by atoms with E-state index in [2.05, 4.69) is 55.0 Å². The lowest BCUT2D eigenvalue weighted by atomic mass is 9.92. The van der Waals surface area contributed by atoms with Crippen molar-refractivity contribution in [3.63, 3.8) is 0 Å². The minimum atomic E-state index is -1.13. The molecule has 0 aromatic rings. The fourth-order valence-electron chi connectivity index (χ4n) is 12.4. The average molecular weight is 1500 g/mol. The van der Waals surface area contributed by atoms with Crippen LogP contribution in [0.25, 0.3) is 0 Å². The molecule has 0 aromatic heterocycles. The maximum absolute atomic E-state index is 10.8. The number of rotatable bonds is 8. The molecule has 36 unspecified atom stereocenters. The van der Waals surface area contributed by atoms with Crippen molar-refractivity contribution in [2.45, 2.75) is 333 Å². The third-order valence-electron chi connectivity index (χ3n) is 18.8. The summed E-state index contributed by atoms with van der Waals surface area (Å²) in [6.45, 7) is 22.1. The Morgan fingerprint density at radius 1 is 0.354 bits per heavy atom. The lowest BCUT2D eigenvalue weighted by molar-refractivity contribution is -0.210. The smallest absolute Gasteiger partial charge is 0.217 e. The second-order valence-corrected chi connectivity index (χ2v) is 29.2. The maximum Gasteiger partial charge on any atom is 0.217 e. The third-order valence-corrected chi connectivity index (χ3v) is 20.4. The van der Waals surface area contributed by atoms with E-state index in [1.165, 1.54) is 6.92 Å². The number of carbonyl (C=O) groups excluding carboxylic acids is 1. The van der Waals surface area contributed by atoms with Crippen LogP contribution in [0.5, 0.6) is 0 Å². The van der Waals surface area contributed by atoms with Gasteiger partial charge < -0.3 is 155 Å². The van der Waals surface area contributed by atoms with Gasteiger partial charge in [0.2, 0.25) is 5.91 Å². The number of nitrogens with one attached hydrogen (secondary N) is 1. The Balaban J connectivity index is 0.000000567. The number of ether oxygens (including phenoxy) is 8. The molecule has 0 aliphatic carbocycles. The van der Waals surface area contributed by atoms with Crippen LogP contribution in [0.1, 0.15) is 103 Å². The van der Waals surface area contributed by atoms with E-state index in [0.29, 0.717) is 12.2 Å². The largest absolute Gasteiger partial charge is 0.394 e. The van der Waals surface area contributed by atoms with Gasteiger partial charge in [0.05, 0.1) is 183 Å². The lowest BCUT2D eigenvalue weighted by Gasteiger charge is -2.44. The predicted molar refractivity (Wildman–Crippen MR) is 373 cm³/mol. The molecule has 8 heterocycles. The van der Waals surface area contributed by atoms with Crippen molar-refractivity contribution in [2.24, 2.45) is 0 Å². The molecule has 0 radical (unpaired) electrons. The van der Waals surface area contributed by atoms with E-state index >= 15 is 0 Å². The van der Waals surface area contributed by atoms with E-state index < -0.39 is 157 Å². The monoisotopic (exact) mass is 1500 g/mol. The molecule has 8 saturated heterocycles. The van der Waals surface area contributed by atoms with Gasteiger partial charge in [0, 0.05) is 25.1 Å². The predicted octanol–water partition coefficient (Wildman–Crippen LogP) is -6.38. The number of hydrogen-bond acceptors (Lipinski definition) is 34. The Bertz CT molecular complexity index is 2040. The Morgan fingerprint density at radius 3 is 1.08 bits per heavy atom. The van der Waals surface area contributed by atoms with Crippen molar-refractivity contribution in [3.8, 4) is 0 Å². The minimum Gasteiger partial charge on any atom is -0.394 e. The van der Waals surface area contributed by atoms with E-state index in [9.17, 15) is 86.5 Å². The van der Waals surface area contributed by atoms with E-state index in [-0.39, 0.29) is 98.9 Å². The first-order valence-electron chi connectivity index (χ1n) is 33.9. The van der Waals surface area contributed by atoms with Crippen LogP contribution in [0, 0.1) is 0 Å². The summed E-state index contributed by atoms with van der Waals surface area (Å²) in [4.78, 5) is 16.5. The highest BCUT2D eigenvalue weighted by Crippen LogP contribution is 2.29. The second kappa shape index (κ2) is 45.9. The highest BCUT2D eigenvalue weighted by atomic mass is 32.1. The molecule has 8 fully saturated rings. The molecule has 8 rings (SSSR count). The van der Waals surface area contributed by atoms with Gasteiger partial charge in [-0.25, -0.2) is 0 Å². The molecule has 20 N–H and O–H groups in total. The van der Waals surface area contributed by atoms with Crippen LogP contribution < -0.4 is 5.32 Å². The van der Waals surface area contributed by atoms with Crippen molar-refractivity contribution < 1.29 is 140 Å². The first-order chi connectivity index (χ1) is 45.7. The zero-order valence-electron chi connectivity index (χ0n) is 61.0. The highest BCUT2D eigenvalue weighted by molar-refractivity contribution is 7.81. The van der Waals surface area contributed by atoms with E-state index in [4.69, 9.17) is 53.2 Å². The summed E-state index contributed by atoms with van der Waals surface area (Å²) in [5.74, 6) is 0.0596. The molecule has 32 nitrogen and oxygen atoms in total. The summed E-state index contributed by atoms with van der Waals surface area (Å²) < 4.78 is 42.2. The number of hydrogen-bond donors (Lipinski definition) is 23. The van der Waals surface area contributed by atoms with Crippen LogP contribution >= 0.6 is 37.9 Å². The Hall–Kier alpha value is -0.680. The summed E-state index contributed by atoms with van der Waals surface area (Å²) in [7, 11) is 11.3. The Labute approximate surface area is 601 Å². The van der Waals surface area contributed by atoms with Crippen LogP contribution in [-0.4, -0.2) is 415 Å². The quantitative estimate of drug-likeness (QED) is 0.101. The number of amides is 1. The molecule has 1 amide bonds. The Kier molecular flexibility index (Phi) is 44.6. The number of aliphatic hydroxyl groups is 19. The first-order valence-corrected chi connectivity index (χ1v) is 35.6. The molecule has 99 heavy (non-hydrogen) atoms. The van der Waals surface area contributed by atoms with Gasteiger partial charge in [0.25, 0.3) is 0 Å². The topological polar surface area (TPSA) is 497 Å². The molecule has 35 heteroatoms. The molecule has 36 atom stereocenters. The number of aliphatic hydroxyl groups excluding tert-OH is 19. The van der Waals surface area contributed by atoms with Gasteiger partial charge in [-0.1, -0.05) is 0 Å². The van der Waals surface area contributed by atoms with Crippen LogP contribution in [-0.2, 0) is 42.7 Å². The third kappa shape index (κ3) is 28.8. The van der Waals surface area contributed by atoms with Crippen LogP contribution in [0.3, 0.4) is 0 Å². The van der Waals surface area contributed by atoms with Gasteiger partial charge >= 0.3 is 0 Å². The van der Waals surface area contributed by atoms with Gasteiger partial charge in [-0.15, -0.1) is 0 Å². The molecule has 592 valence electrons. The van der Waals surface area contributed by atoms with Crippen molar-refractivity contribution >= 4 is 43.8 Å². The second-order valence-electron chi connectivity index (χ2n) is 27.7. The summed E-state index contributed by atoms with van der Waals surface area (Å²) in [5.41, 5.74) is 0. The number of nitrogens with zero attached hydrogens (tertiary/aromatic N) is 3. The first kappa shape index (κ1) is 96.3. The standard InChI is InChI=1S/C9H19NO4.C9H17NO4.C9H19NO3.C9H19NO2.3C7H14O4S.C7H14O3/c1-5-8(12)7(10(2)3)9(13)6(4-11)14-5;1-4-8(12)7(10-6(3)11)9(13)5(2)14-4;1-5-8(11)7(10(3)4)9(12)6(2)13-5;1-6-5-8(10(3)4)9(11)7(2)12-6;1-3-5(9)6(10)7(12)4(2-8)11-3;1-3-5(8)7(10)6(9)4(2-12)11-3;1-3-5(9)7(12)6(10)4(2-8)11-3;1-4-3-6(8)7(9)5(2)10-4/h5-9,11-13H,4H2,1-3H3;4-5,7-9,12-13H,1-3H3,(H,10,11);5-9,11-12H,1-4H3;6-9,11H,5H2,1-4H3;3*3-10,12H,2H2,1H3;4-9H,3H2,1-2H3. The minimum absolute atomic E-state index is 0.0406. The van der Waals surface area contributed by atoms with E-state index in [1.807, 2.05) is 60.8 Å². The van der Waals surface area contributed by atoms with Gasteiger partial charge in [-0.3, -0.25) is 4.79 Å². The van der Waals surface area contributed by atoms with Gasteiger partial charge in [-0.05, 0) is 132 Å². The number of carbonyl (C=O) groups is 1. The summed E-state index contributed by atoms with van der Waals surface area (Å²) >= 11 is 12.0. The molecule has 0 saturated carbocycles. The molecule has 0 spiro atoms. The molecule has 0 aromatic carbocycles. The van der Waals surface area contributed by atoms with E-state index in [1.54, 1.807) is 67.5 Å². The van der Waals surface area contributed by atoms with E-state index in [0.717, 1.165) is 6.42 Å². The average Bonchev–Trinajstić information content (AvgIpc) is 0.830. The highest BCUT2D eigenvalue weighted by Gasteiger charge is 2.47. The van der Waals surface area contributed by atoms with Crippen molar-refractivity contribution in [1.29, 1.82) is 0 Å². The van der Waals surface area contributed by atoms with Gasteiger partial charge in [0.1, 0.15) is 61.0 Å². The molecule has 0 bridgehead atoms. The number of thiol groups is 3. The SMILES string of the molecule is CC(=O)NC1C(O)C(C)OC(C)C1O.CC1CC(N(C)C)C(O)C(C)O1.CC1CC(O)C(O)C(C)O1.CC1OC(C)C(O)C(N(C)C)C1O.CC1OC(CO)C(O)C(N(C)C)C1O.CC1OC(CO)C(O)C(S)C1O.CC1OC(CO)C(S)C(O)C1O.CC1OC(CS)C(O)C(O)C1O. The maximum atomic E-state index is 10.8. The van der Waals surface area contributed by atoms with Crippen LogP contribution in [0.2, 0.25) is 0 Å². The molecular formula is C64H130N4O28S3. The van der Waals surface area contributed by atoms with Crippen molar-refractivity contribution in [2.75, 3.05) is 67.9 Å². The zero-order valence-corrected chi connectivity index (χ0v) is 63.7. The summed E-state index contributed by atoms with van der Waals surface area (Å²) in [6.07, 6.45) is -16.6. The van der Waals surface area contributed by atoms with Crippen molar-refractivity contribution in [1.82, 2.24) is 20.0 Å². The molecule has 8 aliphatic rings. The van der Waals surface area contributed by atoms with Crippen molar-refractivity contribution in [3.05, 3.63) is 0 Å². The van der Waals surface area contributed by atoms with Crippen LogP contribution in [0.15, 0.2) is 0 Å². The fourth-order valence-corrected chi connectivity index (χ4v) is 13.5. The van der Waals surface area contributed by atoms with Gasteiger partial charge in [-0.2, -0.15) is 37.9 Å². The van der Waals surface area contributed by atoms with Crippen LogP contribution in [0.4, 0.5) is 0 Å². The molecule has 8 aliphatic heterocycles. The molecular weight excluding hydrogens is 1370 g/mol. The van der Waals surface area contributed by atoms with Gasteiger partial charge in [0.15, 0.2) is 0 Å². The normalized spacial score (nSPS) is 46.7. The summed E-state index contributed by atoms with van der Waals surface area (Å²) in [5, 5.41) is 180.